The number of likely N-dealkylation sites (N-methyl/N-ethyl adjacent to an activating group) is 1. The molecule has 0 spiro atoms. The Labute approximate surface area is 138 Å². The average Bonchev–Trinajstić information content (AvgIpc) is 2.50. The van der Waals surface area contributed by atoms with Gasteiger partial charge in [0.1, 0.15) is 0 Å². The Morgan fingerprint density at radius 3 is 2.32 bits per heavy atom. The van der Waals surface area contributed by atoms with E-state index in [9.17, 15) is 9.59 Å². The summed E-state index contributed by atoms with van der Waals surface area (Å²) in [6, 6.07) is 9.78. The highest BCUT2D eigenvalue weighted by molar-refractivity contribution is 5.85. The van der Waals surface area contributed by atoms with Crippen molar-refractivity contribution in [2.45, 2.75) is 32.9 Å². The maximum atomic E-state index is 12.1. The lowest BCUT2D eigenvalue weighted by Gasteiger charge is -2.26. The third-order valence-electron chi connectivity index (χ3n) is 3.65. The van der Waals surface area contributed by atoms with Crippen LogP contribution in [0.15, 0.2) is 30.3 Å². The van der Waals surface area contributed by atoms with E-state index in [1.807, 2.05) is 37.3 Å². The van der Waals surface area contributed by atoms with Crippen LogP contribution in [0.1, 0.15) is 25.8 Å². The van der Waals surface area contributed by atoms with Crippen LogP contribution < -0.4 is 5.73 Å². The molecule has 0 fully saturated rings. The van der Waals surface area contributed by atoms with Gasteiger partial charge < -0.3 is 15.5 Å². The number of amides is 2. The van der Waals surface area contributed by atoms with Crippen molar-refractivity contribution in [2.75, 3.05) is 20.1 Å². The molecule has 22 heavy (non-hydrogen) atoms. The van der Waals surface area contributed by atoms with Gasteiger partial charge in [0.15, 0.2) is 0 Å². The molecule has 0 aliphatic heterocycles. The summed E-state index contributed by atoms with van der Waals surface area (Å²) in [5.74, 6) is -0.0200. The van der Waals surface area contributed by atoms with Crippen molar-refractivity contribution in [3.8, 4) is 0 Å². The molecule has 2 amide bonds. The van der Waals surface area contributed by atoms with Gasteiger partial charge in [0, 0.05) is 46.1 Å². The van der Waals surface area contributed by atoms with Crippen molar-refractivity contribution in [3.05, 3.63) is 35.9 Å². The van der Waals surface area contributed by atoms with E-state index in [1.165, 1.54) is 6.92 Å². The van der Waals surface area contributed by atoms with Gasteiger partial charge in [-0.05, 0) is 12.5 Å². The number of benzene rings is 1. The molecule has 1 unspecified atom stereocenters. The van der Waals surface area contributed by atoms with Crippen LogP contribution in [0, 0.1) is 0 Å². The number of halogens is 1. The van der Waals surface area contributed by atoms with E-state index in [2.05, 4.69) is 0 Å². The Morgan fingerprint density at radius 1 is 1.23 bits per heavy atom. The largest absolute Gasteiger partial charge is 0.342 e. The van der Waals surface area contributed by atoms with Crippen molar-refractivity contribution in [2.24, 2.45) is 5.73 Å². The molecular formula is C16H26ClN3O2. The first kappa shape index (κ1) is 20.4. The van der Waals surface area contributed by atoms with Gasteiger partial charge in [0.25, 0.3) is 0 Å². The quantitative estimate of drug-likeness (QED) is 0.828. The lowest BCUT2D eigenvalue weighted by Crippen LogP contribution is -2.41. The van der Waals surface area contributed by atoms with E-state index < -0.39 is 0 Å². The molecule has 2 N–H and O–H groups in total. The van der Waals surface area contributed by atoms with Crippen molar-refractivity contribution in [3.63, 3.8) is 0 Å². The van der Waals surface area contributed by atoms with E-state index in [-0.39, 0.29) is 30.3 Å². The summed E-state index contributed by atoms with van der Waals surface area (Å²) in [6.07, 6.45) is 0.313. The highest BCUT2D eigenvalue weighted by Gasteiger charge is 2.17. The predicted octanol–water partition coefficient (Wildman–Crippen LogP) is 1.65. The Balaban J connectivity index is 0.00000441. The standard InChI is InChI=1S/C16H25N3O2.ClH/c1-13(11-17)18(3)16(21)9-10-19(14(2)20)12-15-7-5-4-6-8-15;/h4-8,13H,9-12,17H2,1-3H3;1H. The number of carbonyl (C=O) groups excluding carboxylic acids is 2. The van der Waals surface area contributed by atoms with Crippen molar-refractivity contribution in [1.82, 2.24) is 9.80 Å². The predicted molar refractivity (Wildman–Crippen MR) is 90.7 cm³/mol. The van der Waals surface area contributed by atoms with Crippen LogP contribution in [0.5, 0.6) is 0 Å². The van der Waals surface area contributed by atoms with Gasteiger partial charge >= 0.3 is 0 Å². The summed E-state index contributed by atoms with van der Waals surface area (Å²) < 4.78 is 0. The zero-order valence-electron chi connectivity index (χ0n) is 13.5. The maximum Gasteiger partial charge on any atom is 0.224 e. The van der Waals surface area contributed by atoms with E-state index in [1.54, 1.807) is 16.8 Å². The summed E-state index contributed by atoms with van der Waals surface area (Å²) in [5, 5.41) is 0. The van der Waals surface area contributed by atoms with Gasteiger partial charge in [-0.2, -0.15) is 0 Å². The monoisotopic (exact) mass is 327 g/mol. The van der Waals surface area contributed by atoms with Gasteiger partial charge in [0.2, 0.25) is 11.8 Å². The Bertz CT molecular complexity index is 468. The molecule has 1 aromatic rings. The van der Waals surface area contributed by atoms with E-state index in [0.717, 1.165) is 5.56 Å². The highest BCUT2D eigenvalue weighted by Crippen LogP contribution is 2.07. The summed E-state index contributed by atoms with van der Waals surface area (Å²) >= 11 is 0. The zero-order valence-corrected chi connectivity index (χ0v) is 14.3. The average molecular weight is 328 g/mol. The van der Waals surface area contributed by atoms with Crippen LogP contribution in [0.25, 0.3) is 0 Å². The summed E-state index contributed by atoms with van der Waals surface area (Å²) in [6.45, 7) is 4.82. The Hall–Kier alpha value is -1.59. The molecule has 1 atom stereocenters. The first-order chi connectivity index (χ1) is 9.95. The van der Waals surface area contributed by atoms with Crippen LogP contribution in [-0.4, -0.2) is 47.8 Å². The molecule has 5 nitrogen and oxygen atoms in total. The molecule has 0 saturated heterocycles. The van der Waals surface area contributed by atoms with Crippen molar-refractivity contribution in [1.29, 1.82) is 0 Å². The maximum absolute atomic E-state index is 12.1. The second-order valence-corrected chi connectivity index (χ2v) is 5.27. The summed E-state index contributed by atoms with van der Waals surface area (Å²) in [5.41, 5.74) is 6.62. The van der Waals surface area contributed by atoms with Crippen molar-refractivity contribution >= 4 is 24.2 Å². The van der Waals surface area contributed by atoms with Crippen LogP contribution in [0.4, 0.5) is 0 Å². The summed E-state index contributed by atoms with van der Waals surface area (Å²) in [7, 11) is 1.75. The Kier molecular flexibility index (Phi) is 9.45. The van der Waals surface area contributed by atoms with Gasteiger partial charge in [-0.1, -0.05) is 30.3 Å². The molecule has 0 aromatic heterocycles. The molecule has 1 rings (SSSR count). The van der Waals surface area contributed by atoms with Crippen LogP contribution >= 0.6 is 12.4 Å². The number of rotatable bonds is 7. The molecule has 0 heterocycles. The molecule has 0 bridgehead atoms. The minimum atomic E-state index is -0.0267. The van der Waals surface area contributed by atoms with Gasteiger partial charge in [-0.25, -0.2) is 0 Å². The first-order valence-electron chi connectivity index (χ1n) is 7.20. The lowest BCUT2D eigenvalue weighted by molar-refractivity contribution is -0.134. The lowest BCUT2D eigenvalue weighted by atomic mass is 10.2. The molecular weight excluding hydrogens is 302 g/mol. The smallest absolute Gasteiger partial charge is 0.224 e. The fraction of sp³-hybridized carbons (Fsp3) is 0.500. The van der Waals surface area contributed by atoms with E-state index in [0.29, 0.717) is 26.1 Å². The molecule has 124 valence electrons. The minimum absolute atomic E-state index is 0. The van der Waals surface area contributed by atoms with Gasteiger partial charge in [-0.15, -0.1) is 12.4 Å². The number of carbonyl (C=O) groups is 2. The van der Waals surface area contributed by atoms with Gasteiger partial charge in [0.05, 0.1) is 0 Å². The fourth-order valence-corrected chi connectivity index (χ4v) is 1.96. The molecule has 0 aliphatic rings. The van der Waals surface area contributed by atoms with Crippen molar-refractivity contribution < 1.29 is 9.59 Å². The fourth-order valence-electron chi connectivity index (χ4n) is 1.96. The van der Waals surface area contributed by atoms with Crippen LogP contribution in [0.3, 0.4) is 0 Å². The topological polar surface area (TPSA) is 66.6 Å². The molecule has 0 aliphatic carbocycles. The molecule has 1 aromatic carbocycles. The van der Waals surface area contributed by atoms with E-state index >= 15 is 0 Å². The summed E-state index contributed by atoms with van der Waals surface area (Å²) in [4.78, 5) is 27.1. The number of nitrogens with zero attached hydrogens (tertiary/aromatic N) is 2. The number of hydrogen-bond acceptors (Lipinski definition) is 3. The van der Waals surface area contributed by atoms with E-state index in [4.69, 9.17) is 5.73 Å². The van der Waals surface area contributed by atoms with Crippen LogP contribution in [-0.2, 0) is 16.1 Å². The minimum Gasteiger partial charge on any atom is -0.342 e. The highest BCUT2D eigenvalue weighted by atomic mass is 35.5. The third-order valence-corrected chi connectivity index (χ3v) is 3.65. The number of hydrogen-bond donors (Lipinski definition) is 1. The first-order valence-corrected chi connectivity index (χ1v) is 7.20. The second kappa shape index (κ2) is 10.2. The SMILES string of the molecule is CC(=O)N(CCC(=O)N(C)C(C)CN)Cc1ccccc1.Cl. The molecule has 6 heteroatoms. The van der Waals surface area contributed by atoms with Crippen LogP contribution in [0.2, 0.25) is 0 Å². The normalized spacial score (nSPS) is 11.3. The Morgan fingerprint density at radius 2 is 1.82 bits per heavy atom. The van der Waals surface area contributed by atoms with Gasteiger partial charge in [-0.3, -0.25) is 9.59 Å². The molecule has 0 radical (unpaired) electrons. The second-order valence-electron chi connectivity index (χ2n) is 5.27. The molecule has 0 saturated carbocycles. The zero-order chi connectivity index (χ0) is 15.8. The number of nitrogens with two attached hydrogens (primary N) is 1. The third kappa shape index (κ3) is 6.45.